The largest absolute Gasteiger partial charge is 0.350 e. The number of thiol groups is 1. The Balaban J connectivity index is 2.68. The first-order chi connectivity index (χ1) is 8.84. The van der Waals surface area contributed by atoms with E-state index in [0.717, 1.165) is 29.0 Å². The van der Waals surface area contributed by atoms with E-state index in [2.05, 4.69) is 57.4 Å². The van der Waals surface area contributed by atoms with Gasteiger partial charge in [0.05, 0.1) is 5.03 Å². The van der Waals surface area contributed by atoms with E-state index in [0.29, 0.717) is 0 Å². The molecule has 1 aromatic heterocycles. The fourth-order valence-electron chi connectivity index (χ4n) is 2.58. The Morgan fingerprint density at radius 3 is 2.32 bits per heavy atom. The third kappa shape index (κ3) is 2.44. The van der Waals surface area contributed by atoms with Crippen molar-refractivity contribution in [1.82, 2.24) is 9.88 Å². The summed E-state index contributed by atoms with van der Waals surface area (Å²) in [6, 6.07) is 0. The molecule has 2 radical (unpaired) electrons. The molecular weight excluding hydrogens is 251 g/mol. The Labute approximate surface area is 122 Å². The number of aromatic amines is 1. The second-order valence-electron chi connectivity index (χ2n) is 5.54. The number of rotatable bonds is 3. The summed E-state index contributed by atoms with van der Waals surface area (Å²) in [5.74, 6) is 0. The van der Waals surface area contributed by atoms with E-state index < -0.39 is 0 Å². The molecule has 1 heterocycles. The van der Waals surface area contributed by atoms with Crippen molar-refractivity contribution in [2.75, 3.05) is 20.6 Å². The minimum atomic E-state index is 0.851. The SMILES string of the molecule is [B]c1c(C)c(C)c(C)c2c(CCN(C)C)c(S)[nH]c12. The number of hydrogen-bond acceptors (Lipinski definition) is 2. The van der Waals surface area contributed by atoms with E-state index in [1.165, 1.54) is 27.6 Å². The van der Waals surface area contributed by atoms with Crippen LogP contribution in [0.1, 0.15) is 22.3 Å². The molecule has 0 saturated heterocycles. The number of aryl methyl sites for hydroxylation is 1. The smallest absolute Gasteiger partial charge is 0.117 e. The molecule has 0 aliphatic carbocycles. The molecule has 100 valence electrons. The van der Waals surface area contributed by atoms with Gasteiger partial charge in [0.2, 0.25) is 0 Å². The average Bonchev–Trinajstić information content (AvgIpc) is 2.68. The van der Waals surface area contributed by atoms with Crippen molar-refractivity contribution in [3.63, 3.8) is 0 Å². The number of likely N-dealkylation sites (N-methyl/N-ethyl adjacent to an activating group) is 1. The molecule has 2 aromatic rings. The first-order valence-corrected chi connectivity index (χ1v) is 7.02. The van der Waals surface area contributed by atoms with Gasteiger partial charge in [-0.25, -0.2) is 0 Å². The standard InChI is InChI=1S/C15H21BN2S/c1-8-9(2)12-11(6-7-18(4)5)15(19)17-14(12)13(16)10(8)3/h17,19H,6-7H2,1-5H3. The van der Waals surface area contributed by atoms with Crippen LogP contribution < -0.4 is 5.46 Å². The molecule has 0 aliphatic rings. The predicted molar refractivity (Wildman–Crippen MR) is 87.4 cm³/mol. The van der Waals surface area contributed by atoms with Gasteiger partial charge >= 0.3 is 0 Å². The van der Waals surface area contributed by atoms with Crippen LogP contribution in [0, 0.1) is 20.8 Å². The van der Waals surface area contributed by atoms with Crippen LogP contribution in [0.25, 0.3) is 10.9 Å². The van der Waals surface area contributed by atoms with Crippen molar-refractivity contribution in [3.8, 4) is 0 Å². The zero-order valence-corrected chi connectivity index (χ0v) is 13.3. The molecule has 4 heteroatoms. The highest BCUT2D eigenvalue weighted by molar-refractivity contribution is 7.80. The van der Waals surface area contributed by atoms with Gasteiger partial charge in [-0.1, -0.05) is 11.0 Å². The summed E-state index contributed by atoms with van der Waals surface area (Å²) in [5, 5.41) is 2.20. The van der Waals surface area contributed by atoms with Gasteiger partial charge < -0.3 is 9.88 Å². The van der Waals surface area contributed by atoms with Crippen LogP contribution in [0.2, 0.25) is 0 Å². The second-order valence-corrected chi connectivity index (χ2v) is 5.99. The summed E-state index contributed by atoms with van der Waals surface area (Å²) < 4.78 is 0. The van der Waals surface area contributed by atoms with Crippen molar-refractivity contribution >= 4 is 36.8 Å². The fourth-order valence-corrected chi connectivity index (χ4v) is 2.91. The Morgan fingerprint density at radius 2 is 1.74 bits per heavy atom. The molecule has 2 rings (SSSR count). The number of aromatic nitrogens is 1. The number of H-pyrrole nitrogens is 1. The molecule has 0 fully saturated rings. The van der Waals surface area contributed by atoms with Crippen molar-refractivity contribution in [1.29, 1.82) is 0 Å². The molecule has 1 N–H and O–H groups in total. The van der Waals surface area contributed by atoms with Gasteiger partial charge in [-0.15, -0.1) is 12.6 Å². The van der Waals surface area contributed by atoms with Crippen LogP contribution in [0.15, 0.2) is 5.03 Å². The summed E-state index contributed by atoms with van der Waals surface area (Å²) in [6.07, 6.45) is 0.981. The van der Waals surface area contributed by atoms with Crippen LogP contribution in [0.3, 0.4) is 0 Å². The molecule has 0 amide bonds. The minimum Gasteiger partial charge on any atom is -0.350 e. The maximum absolute atomic E-state index is 6.25. The zero-order chi connectivity index (χ0) is 14.3. The molecule has 2 nitrogen and oxygen atoms in total. The van der Waals surface area contributed by atoms with Gasteiger partial charge in [0.25, 0.3) is 0 Å². The summed E-state index contributed by atoms with van der Waals surface area (Å²) in [4.78, 5) is 5.53. The van der Waals surface area contributed by atoms with Crippen LogP contribution >= 0.6 is 12.6 Å². The van der Waals surface area contributed by atoms with Gasteiger partial charge in [0, 0.05) is 17.4 Å². The van der Waals surface area contributed by atoms with E-state index in [1.807, 2.05) is 0 Å². The van der Waals surface area contributed by atoms with E-state index in [-0.39, 0.29) is 0 Å². The highest BCUT2D eigenvalue weighted by Gasteiger charge is 2.16. The maximum atomic E-state index is 6.25. The predicted octanol–water partition coefficient (Wildman–Crippen LogP) is 2.28. The molecular formula is C15H21BN2S. The van der Waals surface area contributed by atoms with Gasteiger partial charge in [0.1, 0.15) is 7.85 Å². The van der Waals surface area contributed by atoms with Gasteiger partial charge in [-0.2, -0.15) is 0 Å². The van der Waals surface area contributed by atoms with E-state index in [4.69, 9.17) is 7.85 Å². The summed E-state index contributed by atoms with van der Waals surface area (Å²) in [6.45, 7) is 7.40. The zero-order valence-electron chi connectivity index (χ0n) is 12.4. The molecule has 0 aliphatic heterocycles. The topological polar surface area (TPSA) is 19.0 Å². The first-order valence-electron chi connectivity index (χ1n) is 6.58. The van der Waals surface area contributed by atoms with Gasteiger partial charge in [-0.3, -0.25) is 0 Å². The third-order valence-electron chi connectivity index (χ3n) is 4.06. The number of fused-ring (bicyclic) bond motifs is 1. The van der Waals surface area contributed by atoms with E-state index >= 15 is 0 Å². The van der Waals surface area contributed by atoms with Crippen LogP contribution in [0.5, 0.6) is 0 Å². The van der Waals surface area contributed by atoms with Gasteiger partial charge in [0.15, 0.2) is 0 Å². The van der Waals surface area contributed by atoms with Gasteiger partial charge in [-0.05, 0) is 58.0 Å². The monoisotopic (exact) mass is 272 g/mol. The second kappa shape index (κ2) is 5.26. The first kappa shape index (κ1) is 14.5. The summed E-state index contributed by atoms with van der Waals surface area (Å²) in [5.41, 5.74) is 6.93. The maximum Gasteiger partial charge on any atom is 0.117 e. The number of nitrogens with one attached hydrogen (secondary N) is 1. The average molecular weight is 272 g/mol. The highest BCUT2D eigenvalue weighted by atomic mass is 32.1. The quantitative estimate of drug-likeness (QED) is 0.648. The van der Waals surface area contributed by atoms with Crippen molar-refractivity contribution in [2.24, 2.45) is 0 Å². The lowest BCUT2D eigenvalue weighted by molar-refractivity contribution is 0.413. The molecule has 0 atom stereocenters. The number of hydrogen-bond donors (Lipinski definition) is 2. The minimum absolute atomic E-state index is 0.851. The molecule has 1 aromatic carbocycles. The molecule has 0 bridgehead atoms. The van der Waals surface area contributed by atoms with Crippen molar-refractivity contribution < 1.29 is 0 Å². The number of benzene rings is 1. The highest BCUT2D eigenvalue weighted by Crippen LogP contribution is 2.30. The lowest BCUT2D eigenvalue weighted by atomic mass is 9.83. The molecule has 0 saturated carbocycles. The third-order valence-corrected chi connectivity index (χ3v) is 4.45. The van der Waals surface area contributed by atoms with E-state index in [1.54, 1.807) is 0 Å². The summed E-state index contributed by atoms with van der Waals surface area (Å²) >= 11 is 4.59. The van der Waals surface area contributed by atoms with Crippen molar-refractivity contribution in [2.45, 2.75) is 32.2 Å². The summed E-state index contributed by atoms with van der Waals surface area (Å²) in [7, 11) is 10.4. The Bertz CT molecular complexity index is 629. The Kier molecular flexibility index (Phi) is 4.02. The van der Waals surface area contributed by atoms with Crippen LogP contribution in [-0.2, 0) is 6.42 Å². The molecule has 0 spiro atoms. The normalized spacial score (nSPS) is 11.7. The van der Waals surface area contributed by atoms with Crippen LogP contribution in [-0.4, -0.2) is 38.4 Å². The lowest BCUT2D eigenvalue weighted by Crippen LogP contribution is -2.15. The Hall–Kier alpha value is -0.865. The molecule has 19 heavy (non-hydrogen) atoms. The Morgan fingerprint density at radius 1 is 1.11 bits per heavy atom. The fraction of sp³-hybridized carbons (Fsp3) is 0.467. The lowest BCUT2D eigenvalue weighted by Gasteiger charge is -2.14. The van der Waals surface area contributed by atoms with E-state index in [9.17, 15) is 0 Å². The van der Waals surface area contributed by atoms with Crippen LogP contribution in [0.4, 0.5) is 0 Å². The van der Waals surface area contributed by atoms with Crippen molar-refractivity contribution in [3.05, 3.63) is 22.3 Å². The number of nitrogens with zero attached hydrogens (tertiary/aromatic N) is 1. The molecule has 0 unspecified atom stereocenters.